The van der Waals surface area contributed by atoms with Crippen LogP contribution in [0.4, 0.5) is 0 Å². The van der Waals surface area contributed by atoms with Gasteiger partial charge < -0.3 is 11.1 Å². The molecule has 0 heterocycles. The minimum absolute atomic E-state index is 0.0982. The highest BCUT2D eigenvalue weighted by Crippen LogP contribution is 2.31. The van der Waals surface area contributed by atoms with Crippen LogP contribution in [-0.4, -0.2) is 39.2 Å². The molecule has 4 N–H and O–H groups in total. The molecule has 1 aliphatic carbocycles. The molecule has 0 aromatic rings. The van der Waals surface area contributed by atoms with E-state index in [0.29, 0.717) is 12.8 Å². The Balaban J connectivity index is 2.25. The Hall–Kier alpha value is -0.660. The third-order valence-electron chi connectivity index (χ3n) is 2.21. The van der Waals surface area contributed by atoms with Gasteiger partial charge in [-0.05, 0) is 19.9 Å². The molecular weight excluding hydrogens is 206 g/mol. The SMILES string of the molecule is CNS(=O)(=O)CCNC(=O)C1(N)CC1. The van der Waals surface area contributed by atoms with E-state index in [1.807, 2.05) is 0 Å². The van der Waals surface area contributed by atoms with Crippen LogP contribution in [0.15, 0.2) is 0 Å². The molecule has 1 saturated carbocycles. The van der Waals surface area contributed by atoms with Gasteiger partial charge in [-0.25, -0.2) is 13.1 Å². The summed E-state index contributed by atoms with van der Waals surface area (Å²) in [5.74, 6) is -0.380. The van der Waals surface area contributed by atoms with Gasteiger partial charge in [0.05, 0.1) is 11.3 Å². The lowest BCUT2D eigenvalue weighted by Gasteiger charge is -2.09. The maximum atomic E-state index is 11.2. The van der Waals surface area contributed by atoms with E-state index in [0.717, 1.165) is 0 Å². The van der Waals surface area contributed by atoms with Crippen LogP contribution < -0.4 is 15.8 Å². The fourth-order valence-corrected chi connectivity index (χ4v) is 1.51. The molecular formula is C7H15N3O3S. The van der Waals surface area contributed by atoms with Gasteiger partial charge in [0.1, 0.15) is 0 Å². The number of sulfonamides is 1. The monoisotopic (exact) mass is 221 g/mol. The standard InChI is InChI=1S/C7H15N3O3S/c1-9-14(12,13)5-4-10-6(11)7(8)2-3-7/h9H,2-5,8H2,1H3,(H,10,11). The van der Waals surface area contributed by atoms with Gasteiger partial charge in [0, 0.05) is 6.54 Å². The van der Waals surface area contributed by atoms with Crippen molar-refractivity contribution in [3.05, 3.63) is 0 Å². The number of amides is 1. The van der Waals surface area contributed by atoms with Crippen LogP contribution in [0.1, 0.15) is 12.8 Å². The zero-order valence-corrected chi connectivity index (χ0v) is 8.86. The van der Waals surface area contributed by atoms with Crippen molar-refractivity contribution in [1.29, 1.82) is 0 Å². The minimum atomic E-state index is -3.25. The molecule has 1 aliphatic rings. The van der Waals surface area contributed by atoms with Crippen LogP contribution in [0.2, 0.25) is 0 Å². The fourth-order valence-electron chi connectivity index (χ4n) is 0.939. The second-order valence-corrected chi connectivity index (χ2v) is 5.48. The highest BCUT2D eigenvalue weighted by molar-refractivity contribution is 7.89. The summed E-state index contributed by atoms with van der Waals surface area (Å²) in [5.41, 5.74) is 4.86. The number of nitrogens with one attached hydrogen (secondary N) is 2. The molecule has 1 amide bonds. The van der Waals surface area contributed by atoms with Crippen molar-refractivity contribution in [3.63, 3.8) is 0 Å². The third kappa shape index (κ3) is 2.93. The molecule has 6 nitrogen and oxygen atoms in total. The summed E-state index contributed by atoms with van der Waals surface area (Å²) in [4.78, 5) is 11.2. The van der Waals surface area contributed by atoms with E-state index in [9.17, 15) is 13.2 Å². The first-order chi connectivity index (χ1) is 6.40. The molecule has 0 atom stereocenters. The Morgan fingerprint density at radius 2 is 2.07 bits per heavy atom. The van der Waals surface area contributed by atoms with Crippen molar-refractivity contribution in [2.75, 3.05) is 19.3 Å². The number of hydrogen-bond donors (Lipinski definition) is 3. The Kier molecular flexibility index (Phi) is 3.13. The quantitative estimate of drug-likeness (QED) is 0.507. The average Bonchev–Trinajstić information content (AvgIpc) is 2.85. The van der Waals surface area contributed by atoms with Crippen molar-refractivity contribution in [1.82, 2.24) is 10.0 Å². The minimum Gasteiger partial charge on any atom is -0.353 e. The first-order valence-electron chi connectivity index (χ1n) is 4.38. The molecule has 0 saturated heterocycles. The van der Waals surface area contributed by atoms with E-state index in [1.165, 1.54) is 7.05 Å². The van der Waals surface area contributed by atoms with Gasteiger partial charge in [0.25, 0.3) is 0 Å². The number of carbonyl (C=O) groups is 1. The number of hydrogen-bond acceptors (Lipinski definition) is 4. The highest BCUT2D eigenvalue weighted by atomic mass is 32.2. The van der Waals surface area contributed by atoms with Crippen molar-refractivity contribution in [2.24, 2.45) is 5.73 Å². The van der Waals surface area contributed by atoms with Gasteiger partial charge in [0.15, 0.2) is 0 Å². The first kappa shape index (κ1) is 11.4. The lowest BCUT2D eigenvalue weighted by atomic mass is 10.3. The van der Waals surface area contributed by atoms with E-state index in [-0.39, 0.29) is 18.2 Å². The van der Waals surface area contributed by atoms with Crippen molar-refractivity contribution >= 4 is 15.9 Å². The molecule has 1 rings (SSSR count). The van der Waals surface area contributed by atoms with Crippen LogP contribution in [0, 0.1) is 0 Å². The summed E-state index contributed by atoms with van der Waals surface area (Å²) in [6.45, 7) is 0.0982. The fraction of sp³-hybridized carbons (Fsp3) is 0.857. The van der Waals surface area contributed by atoms with E-state index < -0.39 is 15.6 Å². The van der Waals surface area contributed by atoms with Gasteiger partial charge in [0.2, 0.25) is 15.9 Å². The van der Waals surface area contributed by atoms with Gasteiger partial charge >= 0.3 is 0 Å². The van der Waals surface area contributed by atoms with Crippen molar-refractivity contribution < 1.29 is 13.2 Å². The number of rotatable bonds is 5. The molecule has 7 heteroatoms. The molecule has 0 unspecified atom stereocenters. The second-order valence-electron chi connectivity index (χ2n) is 3.44. The molecule has 0 aromatic carbocycles. The maximum absolute atomic E-state index is 11.2. The summed E-state index contributed by atoms with van der Waals surface area (Å²) in [6, 6.07) is 0. The molecule has 1 fully saturated rings. The number of carbonyl (C=O) groups excluding carboxylic acids is 1. The molecule has 0 radical (unpaired) electrons. The molecule has 0 aromatic heterocycles. The topological polar surface area (TPSA) is 101 Å². The van der Waals surface area contributed by atoms with Crippen LogP contribution in [0.5, 0.6) is 0 Å². The Labute approximate surface area is 83.3 Å². The van der Waals surface area contributed by atoms with Crippen LogP contribution in [-0.2, 0) is 14.8 Å². The van der Waals surface area contributed by atoms with E-state index in [1.54, 1.807) is 0 Å². The Morgan fingerprint density at radius 3 is 2.50 bits per heavy atom. The predicted molar refractivity (Wildman–Crippen MR) is 52.0 cm³/mol. The first-order valence-corrected chi connectivity index (χ1v) is 6.03. The molecule has 0 spiro atoms. The Bertz CT molecular complexity index is 321. The number of nitrogens with two attached hydrogens (primary N) is 1. The predicted octanol–water partition coefficient (Wildman–Crippen LogP) is -1.86. The zero-order chi connectivity index (χ0) is 10.8. The van der Waals surface area contributed by atoms with E-state index in [2.05, 4.69) is 10.0 Å². The zero-order valence-electron chi connectivity index (χ0n) is 8.04. The largest absolute Gasteiger partial charge is 0.353 e. The summed E-state index contributed by atoms with van der Waals surface area (Å²) in [6.07, 6.45) is 1.36. The van der Waals surface area contributed by atoms with Gasteiger partial charge in [-0.1, -0.05) is 0 Å². The normalized spacial score (nSPS) is 19.0. The third-order valence-corrected chi connectivity index (χ3v) is 3.57. The smallest absolute Gasteiger partial charge is 0.240 e. The van der Waals surface area contributed by atoms with Gasteiger partial charge in [-0.15, -0.1) is 0 Å². The van der Waals surface area contributed by atoms with E-state index in [4.69, 9.17) is 5.73 Å². The van der Waals surface area contributed by atoms with Crippen LogP contribution in [0.3, 0.4) is 0 Å². The van der Waals surface area contributed by atoms with Gasteiger partial charge in [-0.3, -0.25) is 4.79 Å². The van der Waals surface area contributed by atoms with E-state index >= 15 is 0 Å². The molecule has 82 valence electrons. The molecule has 0 aliphatic heterocycles. The lowest BCUT2D eigenvalue weighted by molar-refractivity contribution is -0.123. The highest BCUT2D eigenvalue weighted by Gasteiger charge is 2.45. The van der Waals surface area contributed by atoms with Gasteiger partial charge in [-0.2, -0.15) is 0 Å². The second kappa shape index (κ2) is 3.84. The maximum Gasteiger partial charge on any atom is 0.240 e. The summed E-state index contributed by atoms with van der Waals surface area (Å²) in [7, 11) is -1.91. The molecule has 0 bridgehead atoms. The summed E-state index contributed by atoms with van der Waals surface area (Å²) in [5, 5.41) is 2.49. The molecule has 14 heavy (non-hydrogen) atoms. The van der Waals surface area contributed by atoms with Crippen molar-refractivity contribution in [3.8, 4) is 0 Å². The summed E-state index contributed by atoms with van der Waals surface area (Å²) < 4.78 is 24.1. The summed E-state index contributed by atoms with van der Waals surface area (Å²) >= 11 is 0. The Morgan fingerprint density at radius 1 is 1.50 bits per heavy atom. The average molecular weight is 221 g/mol. The van der Waals surface area contributed by atoms with Crippen LogP contribution >= 0.6 is 0 Å². The lowest BCUT2D eigenvalue weighted by Crippen LogP contribution is -2.44. The van der Waals surface area contributed by atoms with Crippen LogP contribution in [0.25, 0.3) is 0 Å². The van der Waals surface area contributed by atoms with Crippen molar-refractivity contribution in [2.45, 2.75) is 18.4 Å².